The molecule has 1 aliphatic heterocycles. The van der Waals surface area contributed by atoms with Crippen LogP contribution in [0.5, 0.6) is 0 Å². The molecule has 4 rings (SSSR count). The van der Waals surface area contributed by atoms with Gasteiger partial charge in [0.2, 0.25) is 10.0 Å². The lowest BCUT2D eigenvalue weighted by atomic mass is 9.97. The lowest BCUT2D eigenvalue weighted by Crippen LogP contribution is -2.41. The molecule has 1 amide bonds. The van der Waals surface area contributed by atoms with Crippen molar-refractivity contribution in [2.75, 3.05) is 19.6 Å². The van der Waals surface area contributed by atoms with Gasteiger partial charge in [-0.05, 0) is 49.4 Å². The summed E-state index contributed by atoms with van der Waals surface area (Å²) < 4.78 is 33.7. The van der Waals surface area contributed by atoms with Gasteiger partial charge in [-0.3, -0.25) is 4.79 Å². The molecule has 2 aromatic heterocycles. The molecule has 0 spiro atoms. The van der Waals surface area contributed by atoms with E-state index in [1.165, 1.54) is 11.3 Å². The molecule has 0 aliphatic carbocycles. The number of likely N-dealkylation sites (tertiary alicyclic amines) is 1. The standard InChI is InChI=1S/C21H24N2O4S2/c1-2-17-7-8-20(28-17)29(25,26)22-14-15-9-11-23(12-10-15)21(24)19-13-16-5-3-4-6-18(16)27-19/h3-8,13,15,22H,2,9-12,14H2,1H3. The van der Waals surface area contributed by atoms with Crippen LogP contribution in [-0.4, -0.2) is 38.9 Å². The molecular formula is C21H24N2O4S2. The third-order valence-electron chi connectivity index (χ3n) is 5.35. The van der Waals surface area contributed by atoms with Crippen LogP contribution in [0.3, 0.4) is 0 Å². The van der Waals surface area contributed by atoms with E-state index < -0.39 is 10.0 Å². The van der Waals surface area contributed by atoms with Crippen LogP contribution < -0.4 is 4.72 Å². The summed E-state index contributed by atoms with van der Waals surface area (Å²) in [6.07, 6.45) is 2.36. The number of thiophene rings is 1. The molecule has 154 valence electrons. The highest BCUT2D eigenvalue weighted by molar-refractivity contribution is 7.91. The van der Waals surface area contributed by atoms with Crippen molar-refractivity contribution in [3.05, 3.63) is 53.1 Å². The topological polar surface area (TPSA) is 79.6 Å². The van der Waals surface area contributed by atoms with Crippen LogP contribution in [-0.2, 0) is 16.4 Å². The molecule has 1 aliphatic rings. The minimum atomic E-state index is -3.46. The van der Waals surface area contributed by atoms with E-state index in [0.717, 1.165) is 29.5 Å². The number of rotatable bonds is 6. The normalized spacial score (nSPS) is 15.8. The molecule has 1 aromatic carbocycles. The number of benzene rings is 1. The second kappa shape index (κ2) is 8.30. The molecule has 0 saturated carbocycles. The van der Waals surface area contributed by atoms with E-state index in [4.69, 9.17) is 4.42 Å². The molecule has 6 nitrogen and oxygen atoms in total. The fraction of sp³-hybridized carbons (Fsp3) is 0.381. The maximum absolute atomic E-state index is 12.7. The molecule has 0 bridgehead atoms. The van der Waals surface area contributed by atoms with Gasteiger partial charge in [-0.15, -0.1) is 11.3 Å². The Morgan fingerprint density at radius 3 is 2.66 bits per heavy atom. The Hall–Kier alpha value is -2.16. The zero-order chi connectivity index (χ0) is 20.4. The van der Waals surface area contributed by atoms with E-state index in [1.54, 1.807) is 17.0 Å². The molecule has 3 heterocycles. The van der Waals surface area contributed by atoms with Gasteiger partial charge in [0.25, 0.3) is 5.91 Å². The summed E-state index contributed by atoms with van der Waals surface area (Å²) in [7, 11) is -3.46. The second-order valence-corrected chi connectivity index (χ2v) is 10.5. The van der Waals surface area contributed by atoms with Gasteiger partial charge in [-0.25, -0.2) is 13.1 Å². The Morgan fingerprint density at radius 2 is 1.97 bits per heavy atom. The number of sulfonamides is 1. The van der Waals surface area contributed by atoms with E-state index in [9.17, 15) is 13.2 Å². The van der Waals surface area contributed by atoms with E-state index in [-0.39, 0.29) is 11.8 Å². The van der Waals surface area contributed by atoms with Gasteiger partial charge in [-0.2, -0.15) is 0 Å². The summed E-state index contributed by atoms with van der Waals surface area (Å²) in [4.78, 5) is 15.6. The number of para-hydroxylation sites is 1. The third kappa shape index (κ3) is 4.39. The molecular weight excluding hydrogens is 408 g/mol. The van der Waals surface area contributed by atoms with Crippen molar-refractivity contribution >= 4 is 38.2 Å². The largest absolute Gasteiger partial charge is 0.451 e. The minimum Gasteiger partial charge on any atom is -0.451 e. The number of piperidine rings is 1. The number of fused-ring (bicyclic) bond motifs is 1. The number of amides is 1. The molecule has 0 unspecified atom stereocenters. The number of nitrogens with one attached hydrogen (secondary N) is 1. The molecule has 1 fully saturated rings. The number of nitrogens with zero attached hydrogens (tertiary/aromatic N) is 1. The minimum absolute atomic E-state index is 0.106. The third-order valence-corrected chi connectivity index (χ3v) is 8.50. The number of furan rings is 1. The summed E-state index contributed by atoms with van der Waals surface area (Å²) in [5, 5.41) is 0.917. The molecule has 3 aromatic rings. The van der Waals surface area contributed by atoms with Gasteiger partial charge in [0.1, 0.15) is 9.79 Å². The van der Waals surface area contributed by atoms with Crippen molar-refractivity contribution in [2.24, 2.45) is 5.92 Å². The summed E-state index contributed by atoms with van der Waals surface area (Å²) in [6.45, 7) is 3.60. The smallest absolute Gasteiger partial charge is 0.289 e. The summed E-state index contributed by atoms with van der Waals surface area (Å²) >= 11 is 1.32. The van der Waals surface area contributed by atoms with Crippen LogP contribution in [0.15, 0.2) is 51.1 Å². The van der Waals surface area contributed by atoms with Gasteiger partial charge in [-0.1, -0.05) is 25.1 Å². The van der Waals surface area contributed by atoms with Crippen LogP contribution in [0.2, 0.25) is 0 Å². The molecule has 1 N–H and O–H groups in total. The first-order valence-electron chi connectivity index (χ1n) is 9.82. The quantitative estimate of drug-likeness (QED) is 0.641. The van der Waals surface area contributed by atoms with Crippen LogP contribution in [0.4, 0.5) is 0 Å². The summed E-state index contributed by atoms with van der Waals surface area (Å²) in [6, 6.07) is 12.9. The van der Waals surface area contributed by atoms with Gasteiger partial charge in [0, 0.05) is 29.9 Å². The number of carbonyl (C=O) groups is 1. The van der Waals surface area contributed by atoms with Crippen molar-refractivity contribution in [1.82, 2.24) is 9.62 Å². The molecule has 29 heavy (non-hydrogen) atoms. The molecule has 1 saturated heterocycles. The summed E-state index contributed by atoms with van der Waals surface area (Å²) in [5.41, 5.74) is 0.708. The zero-order valence-corrected chi connectivity index (χ0v) is 17.9. The van der Waals surface area contributed by atoms with Crippen LogP contribution in [0.1, 0.15) is 35.2 Å². The van der Waals surface area contributed by atoms with Crippen molar-refractivity contribution in [3.63, 3.8) is 0 Å². The first-order chi connectivity index (χ1) is 14.0. The van der Waals surface area contributed by atoms with E-state index in [1.807, 2.05) is 37.3 Å². The second-order valence-electron chi connectivity index (χ2n) is 7.31. The van der Waals surface area contributed by atoms with Gasteiger partial charge in [0.05, 0.1) is 0 Å². The Bertz CT molecular complexity index is 1080. The first-order valence-corrected chi connectivity index (χ1v) is 12.1. The lowest BCUT2D eigenvalue weighted by molar-refractivity contribution is 0.0662. The highest BCUT2D eigenvalue weighted by Gasteiger charge is 2.27. The van der Waals surface area contributed by atoms with Crippen molar-refractivity contribution in [2.45, 2.75) is 30.4 Å². The van der Waals surface area contributed by atoms with Crippen molar-refractivity contribution < 1.29 is 17.6 Å². The van der Waals surface area contributed by atoms with E-state index in [2.05, 4.69) is 4.72 Å². The van der Waals surface area contributed by atoms with Gasteiger partial charge >= 0.3 is 0 Å². The highest BCUT2D eigenvalue weighted by atomic mass is 32.2. The zero-order valence-electron chi connectivity index (χ0n) is 16.3. The van der Waals surface area contributed by atoms with Gasteiger partial charge < -0.3 is 9.32 Å². The number of hydrogen-bond acceptors (Lipinski definition) is 5. The fourth-order valence-corrected chi connectivity index (χ4v) is 6.03. The van der Waals surface area contributed by atoms with Crippen LogP contribution >= 0.6 is 11.3 Å². The number of hydrogen-bond donors (Lipinski definition) is 1. The average Bonchev–Trinajstić information content (AvgIpc) is 3.39. The monoisotopic (exact) mass is 432 g/mol. The lowest BCUT2D eigenvalue weighted by Gasteiger charge is -2.31. The molecule has 8 heteroatoms. The predicted octanol–water partition coefficient (Wildman–Crippen LogP) is 3.89. The van der Waals surface area contributed by atoms with Gasteiger partial charge in [0.15, 0.2) is 5.76 Å². The Morgan fingerprint density at radius 1 is 1.21 bits per heavy atom. The number of aryl methyl sites for hydroxylation is 1. The first kappa shape index (κ1) is 20.1. The highest BCUT2D eigenvalue weighted by Crippen LogP contribution is 2.25. The van der Waals surface area contributed by atoms with E-state index in [0.29, 0.717) is 35.2 Å². The van der Waals surface area contributed by atoms with Crippen molar-refractivity contribution in [1.29, 1.82) is 0 Å². The van der Waals surface area contributed by atoms with Crippen LogP contribution in [0.25, 0.3) is 11.0 Å². The predicted molar refractivity (Wildman–Crippen MR) is 114 cm³/mol. The van der Waals surface area contributed by atoms with Crippen molar-refractivity contribution in [3.8, 4) is 0 Å². The maximum Gasteiger partial charge on any atom is 0.289 e. The maximum atomic E-state index is 12.7. The Kier molecular flexibility index (Phi) is 5.76. The summed E-state index contributed by atoms with van der Waals surface area (Å²) in [5.74, 6) is 0.468. The fourth-order valence-electron chi connectivity index (χ4n) is 3.57. The Labute approximate surface area is 174 Å². The number of carbonyl (C=O) groups excluding carboxylic acids is 1. The average molecular weight is 433 g/mol. The van der Waals surface area contributed by atoms with E-state index >= 15 is 0 Å². The Balaban J connectivity index is 1.31. The van der Waals surface area contributed by atoms with Crippen LogP contribution in [0, 0.1) is 5.92 Å². The molecule has 0 atom stereocenters. The SMILES string of the molecule is CCc1ccc(S(=O)(=O)NCC2CCN(C(=O)c3cc4ccccc4o3)CC2)s1. The molecule has 0 radical (unpaired) electrons.